The third-order valence-corrected chi connectivity index (χ3v) is 5.98. The average Bonchev–Trinajstić information content (AvgIpc) is 3.11. The van der Waals surface area contributed by atoms with E-state index in [-0.39, 0.29) is 24.9 Å². The van der Waals surface area contributed by atoms with Crippen molar-refractivity contribution in [3.05, 3.63) is 52.0 Å². The van der Waals surface area contributed by atoms with Crippen molar-refractivity contribution in [3.8, 4) is 5.75 Å². The molecule has 3 rings (SSSR count). The molecule has 0 aliphatic carbocycles. The summed E-state index contributed by atoms with van der Waals surface area (Å²) in [7, 11) is 0. The van der Waals surface area contributed by atoms with E-state index in [1.165, 1.54) is 24.3 Å². The fourth-order valence-electron chi connectivity index (χ4n) is 3.07. The number of esters is 1. The first-order valence-corrected chi connectivity index (χ1v) is 11.8. The molecule has 0 fully saturated rings. The third kappa shape index (κ3) is 6.63. The van der Waals surface area contributed by atoms with Crippen LogP contribution >= 0.6 is 22.9 Å². The molecule has 33 heavy (non-hydrogen) atoms. The number of carbonyl (C=O) groups excluding carboxylic acids is 2. The second-order valence-electron chi connectivity index (χ2n) is 7.58. The largest absolute Gasteiger partial charge is 0.490 e. The molecular weight excluding hydrogens is 466 g/mol. The molecule has 176 valence electrons. The van der Waals surface area contributed by atoms with E-state index >= 15 is 0 Å². The van der Waals surface area contributed by atoms with Gasteiger partial charge in [0.05, 0.1) is 16.4 Å². The van der Waals surface area contributed by atoms with Gasteiger partial charge in [-0.15, -0.1) is 0 Å². The Morgan fingerprint density at radius 2 is 2.12 bits per heavy atom. The predicted molar refractivity (Wildman–Crippen MR) is 125 cm³/mol. The Labute approximate surface area is 200 Å². The molecule has 3 aromatic rings. The highest BCUT2D eigenvalue weighted by molar-refractivity contribution is 7.16. The number of aliphatic hydroxyl groups is 1. The SMILES string of the molecule is CCCCn1/c(=N/C(=O)c2cc(Cl)ccc2OC[C@H](C)O)sc2cc[n+](COC(C)=O)cc21. The molecular formula is C23H27ClN3O5S+. The van der Waals surface area contributed by atoms with Gasteiger partial charge < -0.3 is 19.1 Å². The summed E-state index contributed by atoms with van der Waals surface area (Å²) in [4.78, 5) is 29.3. The lowest BCUT2D eigenvalue weighted by molar-refractivity contribution is -0.726. The summed E-state index contributed by atoms with van der Waals surface area (Å²) in [6, 6.07) is 6.65. The Kier molecular flexibility index (Phi) is 8.60. The van der Waals surface area contributed by atoms with Crippen LogP contribution in [0, 0.1) is 0 Å². The highest BCUT2D eigenvalue weighted by atomic mass is 35.5. The molecule has 0 spiro atoms. The smallest absolute Gasteiger partial charge is 0.307 e. The van der Waals surface area contributed by atoms with Gasteiger partial charge in [-0.25, -0.2) is 0 Å². The standard InChI is InChI=1S/C23H27ClN3O5S/c1-4-5-9-27-19-12-26(14-32-16(3)29)10-8-21(19)33-23(27)25-22(30)18-11-17(24)6-7-20(18)31-13-15(2)28/h6-8,10-12,15,28H,4-5,9,13-14H2,1-3H3/q+1/b25-23-/t15-/m0/s1. The van der Waals surface area contributed by atoms with E-state index in [1.54, 1.807) is 23.6 Å². The fourth-order valence-corrected chi connectivity index (χ4v) is 4.27. The monoisotopic (exact) mass is 492 g/mol. The first kappa shape index (κ1) is 24.9. The molecule has 1 N–H and O–H groups in total. The van der Waals surface area contributed by atoms with Gasteiger partial charge in [-0.05, 0) is 31.5 Å². The highest BCUT2D eigenvalue weighted by Crippen LogP contribution is 2.24. The topological polar surface area (TPSA) is 94.0 Å². The molecule has 0 aliphatic heterocycles. The van der Waals surface area contributed by atoms with Crippen molar-refractivity contribution in [3.63, 3.8) is 0 Å². The predicted octanol–water partition coefficient (Wildman–Crippen LogP) is 3.47. The second kappa shape index (κ2) is 11.4. The molecule has 1 atom stereocenters. The van der Waals surface area contributed by atoms with Crippen molar-refractivity contribution in [1.29, 1.82) is 0 Å². The minimum absolute atomic E-state index is 0.0453. The summed E-state index contributed by atoms with van der Waals surface area (Å²) in [5, 5.41) is 9.92. The Morgan fingerprint density at radius 3 is 2.82 bits per heavy atom. The van der Waals surface area contributed by atoms with Crippen molar-refractivity contribution in [2.24, 2.45) is 4.99 Å². The first-order valence-electron chi connectivity index (χ1n) is 10.6. The van der Waals surface area contributed by atoms with E-state index < -0.39 is 12.0 Å². The molecule has 0 saturated heterocycles. The van der Waals surface area contributed by atoms with Crippen LogP contribution in [0.25, 0.3) is 10.2 Å². The van der Waals surface area contributed by atoms with Crippen molar-refractivity contribution in [2.45, 2.75) is 53.0 Å². The minimum Gasteiger partial charge on any atom is -0.490 e. The molecule has 0 bridgehead atoms. The molecule has 2 heterocycles. The number of pyridine rings is 1. The van der Waals surface area contributed by atoms with Crippen LogP contribution in [0.1, 0.15) is 44.0 Å². The van der Waals surface area contributed by atoms with Gasteiger partial charge in [-0.2, -0.15) is 9.56 Å². The summed E-state index contributed by atoms with van der Waals surface area (Å²) in [6.45, 7) is 5.89. The van der Waals surface area contributed by atoms with Gasteiger partial charge in [0.2, 0.25) is 0 Å². The van der Waals surface area contributed by atoms with Gasteiger partial charge in [0.25, 0.3) is 12.6 Å². The summed E-state index contributed by atoms with van der Waals surface area (Å²) in [5.74, 6) is -0.527. The van der Waals surface area contributed by atoms with Crippen molar-refractivity contribution in [1.82, 2.24) is 4.57 Å². The maximum Gasteiger partial charge on any atom is 0.307 e. The number of benzene rings is 1. The van der Waals surface area contributed by atoms with Crippen LogP contribution in [0.15, 0.2) is 41.7 Å². The van der Waals surface area contributed by atoms with Crippen LogP contribution in [0.4, 0.5) is 0 Å². The first-order chi connectivity index (χ1) is 15.8. The summed E-state index contributed by atoms with van der Waals surface area (Å²) >= 11 is 7.52. The number of fused-ring (bicyclic) bond motifs is 1. The summed E-state index contributed by atoms with van der Waals surface area (Å²) in [5.41, 5.74) is 1.12. The maximum atomic E-state index is 13.1. The molecule has 1 amide bonds. The number of aryl methyl sites for hydroxylation is 1. The van der Waals surface area contributed by atoms with Gasteiger partial charge in [-0.1, -0.05) is 36.3 Å². The average molecular weight is 493 g/mol. The number of thiazole rings is 1. The quantitative estimate of drug-likeness (QED) is 0.364. The zero-order chi connectivity index (χ0) is 24.0. The minimum atomic E-state index is -0.682. The van der Waals surface area contributed by atoms with E-state index in [0.717, 1.165) is 23.1 Å². The Hall–Kier alpha value is -2.75. The number of hydrogen-bond acceptors (Lipinski definition) is 6. The van der Waals surface area contributed by atoms with Crippen LogP contribution in [0.5, 0.6) is 5.75 Å². The van der Waals surface area contributed by atoms with Crippen molar-refractivity contribution in [2.75, 3.05) is 6.61 Å². The van der Waals surface area contributed by atoms with Gasteiger partial charge >= 0.3 is 5.97 Å². The number of nitrogens with zero attached hydrogens (tertiary/aromatic N) is 3. The van der Waals surface area contributed by atoms with Crippen LogP contribution in [-0.4, -0.2) is 34.3 Å². The Bertz CT molecular complexity index is 1220. The van der Waals surface area contributed by atoms with Crippen LogP contribution in [0.2, 0.25) is 5.02 Å². The maximum absolute atomic E-state index is 13.1. The Morgan fingerprint density at radius 1 is 1.33 bits per heavy atom. The van der Waals surface area contributed by atoms with E-state index in [2.05, 4.69) is 11.9 Å². The summed E-state index contributed by atoms with van der Waals surface area (Å²) < 4.78 is 15.4. The number of rotatable bonds is 9. The van der Waals surface area contributed by atoms with Crippen LogP contribution in [0.3, 0.4) is 0 Å². The highest BCUT2D eigenvalue weighted by Gasteiger charge is 2.17. The van der Waals surface area contributed by atoms with E-state index in [4.69, 9.17) is 21.1 Å². The zero-order valence-corrected chi connectivity index (χ0v) is 20.4. The van der Waals surface area contributed by atoms with Crippen molar-refractivity contribution >= 4 is 45.0 Å². The number of halogens is 1. The van der Waals surface area contributed by atoms with Crippen molar-refractivity contribution < 1.29 is 28.7 Å². The number of unbranched alkanes of at least 4 members (excludes halogenated alkanes) is 1. The lowest BCUT2D eigenvalue weighted by Gasteiger charge is -2.11. The number of aromatic nitrogens is 2. The number of hydrogen-bond donors (Lipinski definition) is 1. The second-order valence-corrected chi connectivity index (χ2v) is 9.03. The number of aliphatic hydroxyl groups excluding tert-OH is 1. The van der Waals surface area contributed by atoms with E-state index in [0.29, 0.717) is 22.1 Å². The molecule has 0 saturated carbocycles. The Balaban J connectivity index is 2.04. The van der Waals surface area contributed by atoms with Crippen LogP contribution in [-0.2, 0) is 22.8 Å². The molecule has 0 radical (unpaired) electrons. The van der Waals surface area contributed by atoms with Crippen LogP contribution < -0.4 is 14.1 Å². The molecule has 0 aliphatic rings. The molecule has 1 aromatic carbocycles. The molecule has 2 aromatic heterocycles. The van der Waals surface area contributed by atoms with Gasteiger partial charge in [0.1, 0.15) is 17.9 Å². The molecule has 0 unspecified atom stereocenters. The summed E-state index contributed by atoms with van der Waals surface area (Å²) in [6.07, 6.45) is 4.90. The van der Waals surface area contributed by atoms with Gasteiger partial charge in [0, 0.05) is 24.6 Å². The van der Waals surface area contributed by atoms with E-state index in [9.17, 15) is 14.7 Å². The van der Waals surface area contributed by atoms with Gasteiger partial charge in [-0.3, -0.25) is 9.59 Å². The third-order valence-electron chi connectivity index (χ3n) is 4.68. The lowest BCUT2D eigenvalue weighted by Crippen LogP contribution is -2.35. The number of carbonyl (C=O) groups is 2. The molecule has 8 nitrogen and oxygen atoms in total. The lowest BCUT2D eigenvalue weighted by atomic mass is 10.2. The van der Waals surface area contributed by atoms with E-state index in [1.807, 2.05) is 23.0 Å². The van der Waals surface area contributed by atoms with Gasteiger partial charge in [0.15, 0.2) is 17.2 Å². The normalized spacial score (nSPS) is 12.7. The number of amides is 1. The molecule has 10 heteroatoms. The number of ether oxygens (including phenoxy) is 2. The fraction of sp³-hybridized carbons (Fsp3) is 0.391. The zero-order valence-electron chi connectivity index (χ0n) is 18.8.